The number of aliphatic hydroxyl groups excluding tert-OH is 1. The summed E-state index contributed by atoms with van der Waals surface area (Å²) in [5.41, 5.74) is 0.166. The molecule has 0 aliphatic heterocycles. The molecule has 0 saturated carbocycles. The summed E-state index contributed by atoms with van der Waals surface area (Å²) in [6.07, 6.45) is 0.450. The SMILES string of the molecule is CCC(=O)C(C)=C(O)C(C)(C)C. The number of rotatable bonds is 2. The van der Waals surface area contributed by atoms with E-state index in [1.165, 1.54) is 0 Å². The highest BCUT2D eigenvalue weighted by Crippen LogP contribution is 2.25. The molecular formula is C10H18O2. The van der Waals surface area contributed by atoms with E-state index in [0.29, 0.717) is 12.0 Å². The number of ketones is 1. The van der Waals surface area contributed by atoms with E-state index in [1.54, 1.807) is 13.8 Å². The van der Waals surface area contributed by atoms with E-state index in [2.05, 4.69) is 0 Å². The van der Waals surface area contributed by atoms with E-state index in [4.69, 9.17) is 0 Å². The monoisotopic (exact) mass is 170 g/mol. The van der Waals surface area contributed by atoms with Gasteiger partial charge < -0.3 is 5.11 Å². The molecule has 0 spiro atoms. The largest absolute Gasteiger partial charge is 0.511 e. The van der Waals surface area contributed by atoms with Crippen LogP contribution in [0.25, 0.3) is 0 Å². The van der Waals surface area contributed by atoms with Crippen LogP contribution in [0.2, 0.25) is 0 Å². The number of hydrogen-bond donors (Lipinski definition) is 1. The van der Waals surface area contributed by atoms with Crippen LogP contribution in [0.5, 0.6) is 0 Å². The molecule has 0 radical (unpaired) electrons. The molecule has 0 heterocycles. The summed E-state index contributed by atoms with van der Waals surface area (Å²) in [6, 6.07) is 0. The fourth-order valence-electron chi connectivity index (χ4n) is 0.960. The van der Waals surface area contributed by atoms with Crippen molar-refractivity contribution >= 4 is 5.78 Å². The van der Waals surface area contributed by atoms with Crippen molar-refractivity contribution in [2.24, 2.45) is 5.41 Å². The van der Waals surface area contributed by atoms with E-state index in [1.807, 2.05) is 20.8 Å². The Labute approximate surface area is 74.3 Å². The summed E-state index contributed by atoms with van der Waals surface area (Å²) < 4.78 is 0. The first-order chi connectivity index (χ1) is 5.30. The fourth-order valence-corrected chi connectivity index (χ4v) is 0.960. The minimum absolute atomic E-state index is 0.0161. The van der Waals surface area contributed by atoms with Crippen LogP contribution in [0.3, 0.4) is 0 Å². The van der Waals surface area contributed by atoms with Crippen LogP contribution in [-0.2, 0) is 4.79 Å². The molecule has 0 unspecified atom stereocenters. The lowest BCUT2D eigenvalue weighted by Crippen LogP contribution is -2.14. The molecule has 0 aliphatic rings. The highest BCUT2D eigenvalue weighted by atomic mass is 16.3. The van der Waals surface area contributed by atoms with Gasteiger partial charge in [0.25, 0.3) is 0 Å². The Bertz CT molecular complexity index is 206. The maximum absolute atomic E-state index is 11.2. The third-order valence-corrected chi connectivity index (χ3v) is 1.80. The molecule has 1 N–H and O–H groups in total. The Kier molecular flexibility index (Phi) is 3.50. The second kappa shape index (κ2) is 3.74. The first-order valence-electron chi connectivity index (χ1n) is 4.24. The summed E-state index contributed by atoms with van der Waals surface area (Å²) in [5.74, 6) is 0.219. The van der Waals surface area contributed by atoms with Crippen LogP contribution in [0, 0.1) is 5.41 Å². The number of aliphatic hydroxyl groups is 1. The minimum Gasteiger partial charge on any atom is -0.511 e. The van der Waals surface area contributed by atoms with Gasteiger partial charge in [-0.1, -0.05) is 27.7 Å². The molecule has 2 nitrogen and oxygen atoms in total. The molecular weight excluding hydrogens is 152 g/mol. The van der Waals surface area contributed by atoms with E-state index in [-0.39, 0.29) is 17.0 Å². The second-order valence-corrected chi connectivity index (χ2v) is 4.00. The average Bonchev–Trinajstić information content (AvgIpc) is 1.98. The average molecular weight is 170 g/mol. The third kappa shape index (κ3) is 2.68. The number of carbonyl (C=O) groups is 1. The Morgan fingerprint density at radius 3 is 2.00 bits per heavy atom. The van der Waals surface area contributed by atoms with Gasteiger partial charge in [-0.25, -0.2) is 0 Å². The predicted octanol–water partition coefficient (Wildman–Crippen LogP) is 2.84. The molecule has 0 saturated heterocycles. The Balaban J connectivity index is 4.82. The van der Waals surface area contributed by atoms with Crippen molar-refractivity contribution in [2.45, 2.75) is 41.0 Å². The van der Waals surface area contributed by atoms with Gasteiger partial charge in [-0.2, -0.15) is 0 Å². The normalized spacial score (nSPS) is 14.1. The van der Waals surface area contributed by atoms with E-state index >= 15 is 0 Å². The lowest BCUT2D eigenvalue weighted by Gasteiger charge is -2.19. The molecule has 0 amide bonds. The topological polar surface area (TPSA) is 37.3 Å². The zero-order valence-electron chi connectivity index (χ0n) is 8.56. The second-order valence-electron chi connectivity index (χ2n) is 4.00. The minimum atomic E-state index is -0.324. The Hall–Kier alpha value is -0.790. The standard InChI is InChI=1S/C10H18O2/c1-6-8(11)7(2)9(12)10(3,4)5/h12H,6H2,1-5H3. The molecule has 0 atom stereocenters. The lowest BCUT2D eigenvalue weighted by molar-refractivity contribution is -0.115. The fraction of sp³-hybridized carbons (Fsp3) is 0.700. The zero-order chi connectivity index (χ0) is 9.94. The zero-order valence-corrected chi connectivity index (χ0v) is 8.56. The molecule has 2 heteroatoms. The summed E-state index contributed by atoms with van der Waals surface area (Å²) in [7, 11) is 0. The molecule has 0 aromatic carbocycles. The summed E-state index contributed by atoms with van der Waals surface area (Å²) in [6.45, 7) is 9.12. The van der Waals surface area contributed by atoms with Crippen molar-refractivity contribution in [3.05, 3.63) is 11.3 Å². The molecule has 12 heavy (non-hydrogen) atoms. The first kappa shape index (κ1) is 11.2. The molecule has 0 aromatic heterocycles. The van der Waals surface area contributed by atoms with Gasteiger partial charge in [-0.05, 0) is 6.92 Å². The third-order valence-electron chi connectivity index (χ3n) is 1.80. The quantitative estimate of drug-likeness (QED) is 0.511. The van der Waals surface area contributed by atoms with Crippen LogP contribution >= 0.6 is 0 Å². The van der Waals surface area contributed by atoms with Crippen molar-refractivity contribution in [3.63, 3.8) is 0 Å². The predicted molar refractivity (Wildman–Crippen MR) is 50.1 cm³/mol. The smallest absolute Gasteiger partial charge is 0.161 e. The number of allylic oxidation sites excluding steroid dienone is 2. The van der Waals surface area contributed by atoms with Crippen LogP contribution in [-0.4, -0.2) is 10.9 Å². The van der Waals surface area contributed by atoms with Crippen molar-refractivity contribution < 1.29 is 9.90 Å². The molecule has 0 aliphatic carbocycles. The molecule has 70 valence electrons. The maximum atomic E-state index is 11.2. The van der Waals surface area contributed by atoms with Crippen molar-refractivity contribution in [1.82, 2.24) is 0 Å². The van der Waals surface area contributed by atoms with Crippen LogP contribution in [0.15, 0.2) is 11.3 Å². The summed E-state index contributed by atoms with van der Waals surface area (Å²) in [4.78, 5) is 11.2. The molecule has 0 aromatic rings. The van der Waals surface area contributed by atoms with Crippen molar-refractivity contribution in [1.29, 1.82) is 0 Å². The summed E-state index contributed by atoms with van der Waals surface area (Å²) >= 11 is 0. The number of Topliss-reactive ketones (excluding diaryl/α,β-unsaturated/α-hetero) is 1. The van der Waals surface area contributed by atoms with E-state index < -0.39 is 0 Å². The Morgan fingerprint density at radius 2 is 1.75 bits per heavy atom. The van der Waals surface area contributed by atoms with Crippen LogP contribution < -0.4 is 0 Å². The lowest BCUT2D eigenvalue weighted by atomic mass is 9.89. The van der Waals surface area contributed by atoms with Gasteiger partial charge in [-0.3, -0.25) is 4.79 Å². The van der Waals surface area contributed by atoms with Crippen LogP contribution in [0.4, 0.5) is 0 Å². The molecule has 0 fully saturated rings. The van der Waals surface area contributed by atoms with Gasteiger partial charge in [0.15, 0.2) is 5.78 Å². The highest BCUT2D eigenvalue weighted by molar-refractivity contribution is 5.95. The van der Waals surface area contributed by atoms with Gasteiger partial charge in [0, 0.05) is 17.4 Å². The van der Waals surface area contributed by atoms with Crippen molar-refractivity contribution in [3.8, 4) is 0 Å². The molecule has 0 rings (SSSR count). The number of carbonyl (C=O) groups excluding carboxylic acids is 1. The van der Waals surface area contributed by atoms with Gasteiger partial charge in [-0.15, -0.1) is 0 Å². The Morgan fingerprint density at radius 1 is 1.33 bits per heavy atom. The van der Waals surface area contributed by atoms with E-state index in [9.17, 15) is 9.90 Å². The first-order valence-corrected chi connectivity index (χ1v) is 4.24. The highest BCUT2D eigenvalue weighted by Gasteiger charge is 2.20. The number of hydrogen-bond acceptors (Lipinski definition) is 2. The van der Waals surface area contributed by atoms with Gasteiger partial charge in [0.05, 0.1) is 0 Å². The van der Waals surface area contributed by atoms with E-state index in [0.717, 1.165) is 0 Å². The van der Waals surface area contributed by atoms with Crippen molar-refractivity contribution in [2.75, 3.05) is 0 Å². The molecule has 0 bridgehead atoms. The van der Waals surface area contributed by atoms with Gasteiger partial charge >= 0.3 is 0 Å². The maximum Gasteiger partial charge on any atom is 0.161 e. The summed E-state index contributed by atoms with van der Waals surface area (Å²) in [5, 5.41) is 9.61. The van der Waals surface area contributed by atoms with Gasteiger partial charge in [0.2, 0.25) is 0 Å². The van der Waals surface area contributed by atoms with Gasteiger partial charge in [0.1, 0.15) is 5.76 Å². The van der Waals surface area contributed by atoms with Crippen LogP contribution in [0.1, 0.15) is 41.0 Å².